The van der Waals surface area contributed by atoms with Gasteiger partial charge in [-0.2, -0.15) is 0 Å². The Labute approximate surface area is 127 Å². The van der Waals surface area contributed by atoms with Gasteiger partial charge in [0.05, 0.1) is 0 Å². The fourth-order valence-corrected chi connectivity index (χ4v) is 2.90. The molecule has 2 rings (SSSR count). The van der Waals surface area contributed by atoms with Crippen molar-refractivity contribution in [2.75, 3.05) is 11.9 Å². The van der Waals surface area contributed by atoms with Crippen LogP contribution in [-0.4, -0.2) is 18.9 Å². The van der Waals surface area contributed by atoms with E-state index in [2.05, 4.69) is 44.9 Å². The van der Waals surface area contributed by atoms with Crippen LogP contribution < -0.4 is 10.6 Å². The predicted molar refractivity (Wildman–Crippen MR) is 92.3 cm³/mol. The van der Waals surface area contributed by atoms with E-state index >= 15 is 0 Å². The maximum atomic E-state index is 7.74. The van der Waals surface area contributed by atoms with Crippen LogP contribution >= 0.6 is 0 Å². The molecule has 3 nitrogen and oxygen atoms in total. The van der Waals surface area contributed by atoms with Crippen molar-refractivity contribution in [3.63, 3.8) is 0 Å². The molecule has 0 heterocycles. The molecule has 1 atom stereocenters. The summed E-state index contributed by atoms with van der Waals surface area (Å²) in [5.74, 6) is 0.792. The Kier molecular flexibility index (Phi) is 4.51. The minimum absolute atomic E-state index is 0.121. The summed E-state index contributed by atoms with van der Waals surface area (Å²) in [6, 6.07) is 12.7. The number of hydrogen-bond donors (Lipinski definition) is 2. The van der Waals surface area contributed by atoms with Gasteiger partial charge in [-0.05, 0) is 36.8 Å². The molecule has 0 fully saturated rings. The third-order valence-corrected chi connectivity index (χ3v) is 4.04. The minimum Gasteiger partial charge on any atom is -0.384 e. The quantitative estimate of drug-likeness (QED) is 0.644. The molecular weight excluding hydrogens is 258 g/mol. The van der Waals surface area contributed by atoms with Crippen LogP contribution in [0.15, 0.2) is 36.4 Å². The van der Waals surface area contributed by atoms with E-state index in [1.807, 2.05) is 24.3 Å². The van der Waals surface area contributed by atoms with Gasteiger partial charge in [-0.25, -0.2) is 0 Å². The maximum absolute atomic E-state index is 7.74. The zero-order chi connectivity index (χ0) is 15.6. The molecule has 0 spiro atoms. The lowest BCUT2D eigenvalue weighted by atomic mass is 9.99. The summed E-state index contributed by atoms with van der Waals surface area (Å²) < 4.78 is 0. The van der Waals surface area contributed by atoms with Crippen molar-refractivity contribution in [1.82, 2.24) is 0 Å². The number of amidine groups is 1. The topological polar surface area (TPSA) is 53.1 Å². The van der Waals surface area contributed by atoms with Gasteiger partial charge in [0.2, 0.25) is 0 Å². The van der Waals surface area contributed by atoms with Crippen molar-refractivity contribution in [2.24, 2.45) is 11.7 Å². The molecule has 0 bridgehead atoms. The van der Waals surface area contributed by atoms with Crippen LogP contribution in [0.1, 0.15) is 32.8 Å². The van der Waals surface area contributed by atoms with Crippen molar-refractivity contribution >= 4 is 22.3 Å². The van der Waals surface area contributed by atoms with Crippen molar-refractivity contribution in [3.05, 3.63) is 42.0 Å². The molecule has 21 heavy (non-hydrogen) atoms. The first-order valence-electron chi connectivity index (χ1n) is 7.50. The Bertz CT molecular complexity index is 646. The number of hydrogen-bond acceptors (Lipinski definition) is 2. The molecule has 0 saturated heterocycles. The van der Waals surface area contributed by atoms with Gasteiger partial charge >= 0.3 is 0 Å². The lowest BCUT2D eigenvalue weighted by molar-refractivity contribution is 0.504. The highest BCUT2D eigenvalue weighted by molar-refractivity contribution is 6.10. The first-order chi connectivity index (χ1) is 9.91. The van der Waals surface area contributed by atoms with Crippen LogP contribution in [0.3, 0.4) is 0 Å². The Hall–Kier alpha value is -2.03. The van der Waals surface area contributed by atoms with Gasteiger partial charge in [-0.15, -0.1) is 0 Å². The SMILES string of the molecule is CC(C)CC(C)N(C)c1ccc(C(=N)N)c2ccccc12. The van der Waals surface area contributed by atoms with E-state index < -0.39 is 0 Å². The fourth-order valence-electron chi connectivity index (χ4n) is 2.90. The zero-order valence-corrected chi connectivity index (χ0v) is 13.4. The second-order valence-electron chi connectivity index (χ2n) is 6.18. The largest absolute Gasteiger partial charge is 0.384 e. The first-order valence-corrected chi connectivity index (χ1v) is 7.50. The number of rotatable bonds is 5. The Morgan fingerprint density at radius 2 is 1.71 bits per heavy atom. The summed E-state index contributed by atoms with van der Waals surface area (Å²) >= 11 is 0. The number of nitrogens with two attached hydrogens (primary N) is 1. The van der Waals surface area contributed by atoms with Gasteiger partial charge < -0.3 is 10.6 Å². The van der Waals surface area contributed by atoms with Crippen LogP contribution in [0.4, 0.5) is 5.69 Å². The molecule has 3 heteroatoms. The molecule has 0 aliphatic heterocycles. The van der Waals surface area contributed by atoms with Crippen LogP contribution in [0.2, 0.25) is 0 Å². The Morgan fingerprint density at radius 3 is 2.29 bits per heavy atom. The summed E-state index contributed by atoms with van der Waals surface area (Å²) in [5, 5.41) is 9.94. The molecule has 0 amide bonds. The monoisotopic (exact) mass is 283 g/mol. The molecule has 0 aliphatic rings. The van der Waals surface area contributed by atoms with E-state index in [-0.39, 0.29) is 5.84 Å². The van der Waals surface area contributed by atoms with E-state index in [0.717, 1.165) is 22.8 Å². The predicted octanol–water partition coefficient (Wildman–Crippen LogP) is 3.99. The molecule has 2 aromatic rings. The molecule has 0 aromatic heterocycles. The number of fused-ring (bicyclic) bond motifs is 1. The van der Waals surface area contributed by atoms with E-state index in [1.54, 1.807) is 0 Å². The second kappa shape index (κ2) is 6.17. The normalized spacial score (nSPS) is 12.6. The molecular formula is C18H25N3. The van der Waals surface area contributed by atoms with Crippen LogP contribution in [0.5, 0.6) is 0 Å². The number of nitrogens with zero attached hydrogens (tertiary/aromatic N) is 1. The number of benzene rings is 2. The third-order valence-electron chi connectivity index (χ3n) is 4.04. The van der Waals surface area contributed by atoms with Gasteiger partial charge in [-0.1, -0.05) is 38.1 Å². The highest BCUT2D eigenvalue weighted by atomic mass is 15.1. The number of nitrogens with one attached hydrogen (secondary N) is 1. The standard InChI is InChI=1S/C18H25N3/c1-12(2)11-13(3)21(4)17-10-9-16(18(19)20)14-7-5-6-8-15(14)17/h5-10,12-13H,11H2,1-4H3,(H3,19,20). The van der Waals surface area contributed by atoms with Crippen molar-refractivity contribution < 1.29 is 0 Å². The smallest absolute Gasteiger partial charge is 0.123 e. The number of anilines is 1. The molecule has 2 aromatic carbocycles. The summed E-state index contributed by atoms with van der Waals surface area (Å²) in [6.45, 7) is 6.76. The van der Waals surface area contributed by atoms with Gasteiger partial charge in [-0.3, -0.25) is 5.41 Å². The van der Waals surface area contributed by atoms with Crippen molar-refractivity contribution in [3.8, 4) is 0 Å². The molecule has 0 radical (unpaired) electrons. The lowest BCUT2D eigenvalue weighted by Crippen LogP contribution is -2.30. The summed E-state index contributed by atoms with van der Waals surface area (Å²) in [5.41, 5.74) is 7.70. The lowest BCUT2D eigenvalue weighted by Gasteiger charge is -2.30. The van der Waals surface area contributed by atoms with Crippen molar-refractivity contribution in [1.29, 1.82) is 5.41 Å². The summed E-state index contributed by atoms with van der Waals surface area (Å²) in [6.07, 6.45) is 1.15. The average molecular weight is 283 g/mol. The zero-order valence-electron chi connectivity index (χ0n) is 13.4. The molecule has 0 saturated carbocycles. The Balaban J connectivity index is 2.50. The first kappa shape index (κ1) is 15.4. The van der Waals surface area contributed by atoms with Crippen LogP contribution in [-0.2, 0) is 0 Å². The van der Waals surface area contributed by atoms with E-state index in [0.29, 0.717) is 12.0 Å². The molecule has 1 unspecified atom stereocenters. The van der Waals surface area contributed by atoms with Crippen LogP contribution in [0, 0.1) is 11.3 Å². The van der Waals surface area contributed by atoms with Crippen molar-refractivity contribution in [2.45, 2.75) is 33.2 Å². The van der Waals surface area contributed by atoms with E-state index in [4.69, 9.17) is 11.1 Å². The van der Waals surface area contributed by atoms with E-state index in [1.165, 1.54) is 5.69 Å². The van der Waals surface area contributed by atoms with Gasteiger partial charge in [0.1, 0.15) is 5.84 Å². The second-order valence-corrected chi connectivity index (χ2v) is 6.18. The summed E-state index contributed by atoms with van der Waals surface area (Å²) in [7, 11) is 2.14. The van der Waals surface area contributed by atoms with E-state index in [9.17, 15) is 0 Å². The van der Waals surface area contributed by atoms with Gasteiger partial charge in [0.15, 0.2) is 0 Å². The minimum atomic E-state index is 0.121. The summed E-state index contributed by atoms with van der Waals surface area (Å²) in [4.78, 5) is 2.33. The third kappa shape index (κ3) is 3.18. The number of nitrogen functional groups attached to an aromatic ring is 1. The van der Waals surface area contributed by atoms with Crippen LogP contribution in [0.25, 0.3) is 10.8 Å². The maximum Gasteiger partial charge on any atom is 0.123 e. The fraction of sp³-hybridized carbons (Fsp3) is 0.389. The van der Waals surface area contributed by atoms with Gasteiger partial charge in [0, 0.05) is 29.7 Å². The average Bonchev–Trinajstić information content (AvgIpc) is 2.44. The highest BCUT2D eigenvalue weighted by Crippen LogP contribution is 2.30. The highest BCUT2D eigenvalue weighted by Gasteiger charge is 2.15. The molecule has 0 aliphatic carbocycles. The Morgan fingerprint density at radius 1 is 1.10 bits per heavy atom. The molecule has 3 N–H and O–H groups in total. The van der Waals surface area contributed by atoms with Gasteiger partial charge in [0.25, 0.3) is 0 Å². The molecule has 112 valence electrons.